The van der Waals surface area contributed by atoms with E-state index < -0.39 is 0 Å². The number of benzene rings is 1. The van der Waals surface area contributed by atoms with Crippen LogP contribution in [0.2, 0.25) is 0 Å². The molecule has 3 N–H and O–H groups in total. The molecule has 152 valence electrons. The highest BCUT2D eigenvalue weighted by molar-refractivity contribution is 5.74. The molecule has 3 rings (SSSR count). The molecule has 0 aliphatic carbocycles. The Morgan fingerprint density at radius 3 is 2.82 bits per heavy atom. The van der Waals surface area contributed by atoms with E-state index in [1.807, 2.05) is 7.05 Å². The Morgan fingerprint density at radius 1 is 1.29 bits per heavy atom. The van der Waals surface area contributed by atoms with Crippen LogP contribution < -0.4 is 21.1 Å². The monoisotopic (exact) mass is 382 g/mol. The third kappa shape index (κ3) is 4.63. The highest BCUT2D eigenvalue weighted by Gasteiger charge is 2.26. The van der Waals surface area contributed by atoms with Gasteiger partial charge in [0.2, 0.25) is 0 Å². The number of likely N-dealkylation sites (N-methyl/N-ethyl adjacent to an activating group) is 2. The van der Waals surface area contributed by atoms with E-state index in [1.54, 1.807) is 0 Å². The van der Waals surface area contributed by atoms with Crippen LogP contribution in [0.5, 0.6) is 0 Å². The molecule has 0 fully saturated rings. The van der Waals surface area contributed by atoms with Gasteiger partial charge in [-0.3, -0.25) is 5.01 Å². The van der Waals surface area contributed by atoms with E-state index >= 15 is 0 Å². The molecule has 2 heterocycles. The van der Waals surface area contributed by atoms with Crippen molar-refractivity contribution in [1.82, 2.24) is 20.6 Å². The fourth-order valence-corrected chi connectivity index (χ4v) is 3.62. The van der Waals surface area contributed by atoms with Crippen LogP contribution in [0.1, 0.15) is 31.9 Å². The van der Waals surface area contributed by atoms with Gasteiger partial charge in [0.15, 0.2) is 0 Å². The van der Waals surface area contributed by atoms with Gasteiger partial charge >= 0.3 is 0 Å². The maximum Gasteiger partial charge on any atom is 0.150 e. The van der Waals surface area contributed by atoms with Crippen molar-refractivity contribution >= 4 is 11.5 Å². The number of fused-ring (bicyclic) bond motifs is 1. The molecule has 1 aliphatic heterocycles. The SMILES string of the molecule is CCNc1cc(-c2cccc(CN(C)CCNC)c2)nc2c1CNN2C(C)C. The summed E-state index contributed by atoms with van der Waals surface area (Å²) in [6.45, 7) is 11.2. The number of hydrogen-bond acceptors (Lipinski definition) is 6. The molecule has 0 unspecified atom stereocenters. The van der Waals surface area contributed by atoms with Gasteiger partial charge < -0.3 is 15.5 Å². The predicted molar refractivity (Wildman–Crippen MR) is 119 cm³/mol. The lowest BCUT2D eigenvalue weighted by Gasteiger charge is -2.23. The standard InChI is InChI=1S/C22H34N6/c1-6-24-21-13-20(26-22-19(21)14-25-28(22)16(2)3)18-9-7-8-17(12-18)15-27(5)11-10-23-4/h7-9,12-13,16,23,25H,6,10-11,14-15H2,1-5H3,(H,24,26). The Labute approximate surface area is 169 Å². The van der Waals surface area contributed by atoms with Gasteiger partial charge in [-0.25, -0.2) is 10.4 Å². The van der Waals surface area contributed by atoms with Crippen LogP contribution in [0.15, 0.2) is 30.3 Å². The van der Waals surface area contributed by atoms with Crippen molar-refractivity contribution in [3.8, 4) is 11.3 Å². The zero-order valence-electron chi connectivity index (χ0n) is 17.8. The van der Waals surface area contributed by atoms with Crippen LogP contribution in [0, 0.1) is 0 Å². The second-order valence-corrected chi connectivity index (χ2v) is 7.73. The zero-order chi connectivity index (χ0) is 20.1. The van der Waals surface area contributed by atoms with Crippen molar-refractivity contribution in [3.63, 3.8) is 0 Å². The Kier molecular flexibility index (Phi) is 6.88. The van der Waals surface area contributed by atoms with Crippen molar-refractivity contribution < 1.29 is 0 Å². The maximum atomic E-state index is 5.04. The fourth-order valence-electron chi connectivity index (χ4n) is 3.62. The molecular weight excluding hydrogens is 348 g/mol. The lowest BCUT2D eigenvalue weighted by atomic mass is 10.0. The minimum absolute atomic E-state index is 0.352. The number of nitrogens with one attached hydrogen (secondary N) is 3. The summed E-state index contributed by atoms with van der Waals surface area (Å²) in [5, 5.41) is 8.91. The third-order valence-corrected chi connectivity index (χ3v) is 5.06. The smallest absolute Gasteiger partial charge is 0.150 e. The van der Waals surface area contributed by atoms with Gasteiger partial charge in [0.25, 0.3) is 0 Å². The van der Waals surface area contributed by atoms with Crippen LogP contribution in [0.25, 0.3) is 11.3 Å². The highest BCUT2D eigenvalue weighted by atomic mass is 15.6. The number of pyridine rings is 1. The average Bonchev–Trinajstić information content (AvgIpc) is 3.11. The quantitative estimate of drug-likeness (QED) is 0.620. The largest absolute Gasteiger partial charge is 0.385 e. The minimum Gasteiger partial charge on any atom is -0.385 e. The minimum atomic E-state index is 0.352. The van der Waals surface area contributed by atoms with Gasteiger partial charge in [0.05, 0.1) is 5.69 Å². The number of nitrogens with zero attached hydrogens (tertiary/aromatic N) is 3. The molecule has 0 atom stereocenters. The van der Waals surface area contributed by atoms with E-state index in [4.69, 9.17) is 4.98 Å². The molecule has 28 heavy (non-hydrogen) atoms. The van der Waals surface area contributed by atoms with E-state index in [1.165, 1.54) is 16.8 Å². The lowest BCUT2D eigenvalue weighted by Crippen LogP contribution is -2.38. The highest BCUT2D eigenvalue weighted by Crippen LogP contribution is 2.35. The summed E-state index contributed by atoms with van der Waals surface area (Å²) in [4.78, 5) is 7.37. The van der Waals surface area contributed by atoms with E-state index in [0.29, 0.717) is 6.04 Å². The van der Waals surface area contributed by atoms with E-state index in [-0.39, 0.29) is 0 Å². The molecule has 0 spiro atoms. The Hall–Kier alpha value is -2.15. The Bertz CT molecular complexity index is 789. The van der Waals surface area contributed by atoms with Gasteiger partial charge in [-0.2, -0.15) is 0 Å². The lowest BCUT2D eigenvalue weighted by molar-refractivity contribution is 0.328. The number of rotatable bonds is 9. The van der Waals surface area contributed by atoms with Crippen molar-refractivity contribution in [2.75, 3.05) is 44.1 Å². The van der Waals surface area contributed by atoms with E-state index in [9.17, 15) is 0 Å². The molecule has 0 amide bonds. The molecule has 0 radical (unpaired) electrons. The van der Waals surface area contributed by atoms with Crippen molar-refractivity contribution in [2.24, 2.45) is 0 Å². The van der Waals surface area contributed by atoms with Crippen LogP contribution in [0.3, 0.4) is 0 Å². The van der Waals surface area contributed by atoms with Gasteiger partial charge in [-0.1, -0.05) is 18.2 Å². The summed E-state index contributed by atoms with van der Waals surface area (Å²) in [6, 6.07) is 11.3. The second kappa shape index (κ2) is 9.37. The number of hydrazine groups is 1. The molecule has 6 heteroatoms. The first-order chi connectivity index (χ1) is 13.5. The average molecular weight is 383 g/mol. The fraction of sp³-hybridized carbons (Fsp3) is 0.500. The molecule has 1 aromatic heterocycles. The first kappa shape index (κ1) is 20.6. The van der Waals surface area contributed by atoms with Crippen molar-refractivity contribution in [3.05, 3.63) is 41.5 Å². The summed E-state index contributed by atoms with van der Waals surface area (Å²) in [5.41, 5.74) is 9.39. The molecular formula is C22H34N6. The van der Waals surface area contributed by atoms with Crippen molar-refractivity contribution in [2.45, 2.75) is 39.9 Å². The summed E-state index contributed by atoms with van der Waals surface area (Å²) in [6.07, 6.45) is 0. The molecule has 1 aliphatic rings. The van der Waals surface area contributed by atoms with Gasteiger partial charge in [0, 0.05) is 55.6 Å². The van der Waals surface area contributed by atoms with Gasteiger partial charge in [0.1, 0.15) is 5.82 Å². The second-order valence-electron chi connectivity index (χ2n) is 7.73. The molecule has 1 aromatic carbocycles. The summed E-state index contributed by atoms with van der Waals surface area (Å²) in [5.74, 6) is 1.04. The number of anilines is 2. The number of aromatic nitrogens is 1. The number of hydrogen-bond donors (Lipinski definition) is 3. The first-order valence-corrected chi connectivity index (χ1v) is 10.3. The van der Waals surface area contributed by atoms with E-state index in [0.717, 1.165) is 49.8 Å². The Balaban J connectivity index is 1.92. The van der Waals surface area contributed by atoms with Crippen LogP contribution >= 0.6 is 0 Å². The zero-order valence-corrected chi connectivity index (χ0v) is 17.8. The molecule has 6 nitrogen and oxygen atoms in total. The van der Waals surface area contributed by atoms with Crippen LogP contribution in [-0.4, -0.2) is 49.7 Å². The van der Waals surface area contributed by atoms with Crippen LogP contribution in [-0.2, 0) is 13.1 Å². The first-order valence-electron chi connectivity index (χ1n) is 10.3. The summed E-state index contributed by atoms with van der Waals surface area (Å²) in [7, 11) is 4.15. The van der Waals surface area contributed by atoms with Crippen LogP contribution in [0.4, 0.5) is 11.5 Å². The van der Waals surface area contributed by atoms with Crippen molar-refractivity contribution in [1.29, 1.82) is 0 Å². The maximum absolute atomic E-state index is 5.04. The van der Waals surface area contributed by atoms with Gasteiger partial charge in [-0.05, 0) is 52.6 Å². The molecule has 0 bridgehead atoms. The normalized spacial score (nSPS) is 13.5. The summed E-state index contributed by atoms with van der Waals surface area (Å²) >= 11 is 0. The molecule has 0 saturated heterocycles. The topological polar surface area (TPSA) is 55.5 Å². The van der Waals surface area contributed by atoms with Gasteiger partial charge in [-0.15, -0.1) is 0 Å². The Morgan fingerprint density at radius 2 is 2.11 bits per heavy atom. The third-order valence-electron chi connectivity index (χ3n) is 5.06. The molecule has 0 saturated carbocycles. The predicted octanol–water partition coefficient (Wildman–Crippen LogP) is 3.06. The summed E-state index contributed by atoms with van der Waals surface area (Å²) < 4.78 is 0. The molecule has 2 aromatic rings. The van der Waals surface area contributed by atoms with E-state index in [2.05, 4.69) is 84.1 Å².